The minimum atomic E-state index is -3.91. The van der Waals surface area contributed by atoms with Crippen LogP contribution in [0.3, 0.4) is 0 Å². The molecule has 0 saturated carbocycles. The second-order valence-electron chi connectivity index (χ2n) is 7.50. The highest BCUT2D eigenvalue weighted by molar-refractivity contribution is 7.93. The van der Waals surface area contributed by atoms with Gasteiger partial charge in [0, 0.05) is 14.1 Å². The molecule has 3 aromatic carbocycles. The van der Waals surface area contributed by atoms with Crippen LogP contribution in [0.2, 0.25) is 0 Å². The van der Waals surface area contributed by atoms with Gasteiger partial charge in [-0.15, -0.1) is 0 Å². The SMILES string of the molecule is Cc1cccc(N(C)S(=O)(=O)c2cc(N(C)S(=O)(=O)c3ccccc3)c(C)cc2C)c1. The Bertz CT molecular complexity index is 1320. The second kappa shape index (κ2) is 8.36. The largest absolute Gasteiger partial charge is 0.269 e. The summed E-state index contributed by atoms with van der Waals surface area (Å²) in [6.45, 7) is 5.36. The van der Waals surface area contributed by atoms with Gasteiger partial charge in [-0.3, -0.25) is 8.61 Å². The zero-order chi connectivity index (χ0) is 23.0. The van der Waals surface area contributed by atoms with E-state index in [9.17, 15) is 16.8 Å². The van der Waals surface area contributed by atoms with Crippen LogP contribution in [0.5, 0.6) is 0 Å². The van der Waals surface area contributed by atoms with Crippen molar-refractivity contribution in [1.29, 1.82) is 0 Å². The minimum Gasteiger partial charge on any atom is -0.269 e. The molecule has 6 nitrogen and oxygen atoms in total. The van der Waals surface area contributed by atoms with Crippen molar-refractivity contribution in [3.8, 4) is 0 Å². The molecule has 3 aromatic rings. The van der Waals surface area contributed by atoms with Crippen molar-refractivity contribution in [2.75, 3.05) is 22.7 Å². The van der Waals surface area contributed by atoms with Crippen LogP contribution in [0.25, 0.3) is 0 Å². The molecular formula is C23H26N2O4S2. The van der Waals surface area contributed by atoms with E-state index >= 15 is 0 Å². The molecule has 0 fully saturated rings. The van der Waals surface area contributed by atoms with Crippen LogP contribution >= 0.6 is 0 Å². The Morgan fingerprint density at radius 3 is 1.90 bits per heavy atom. The number of hydrogen-bond acceptors (Lipinski definition) is 4. The third-order valence-corrected chi connectivity index (χ3v) is 8.95. The lowest BCUT2D eigenvalue weighted by molar-refractivity contribution is 0.591. The van der Waals surface area contributed by atoms with Gasteiger partial charge in [-0.1, -0.05) is 36.4 Å². The first-order valence-electron chi connectivity index (χ1n) is 9.67. The van der Waals surface area contributed by atoms with Crippen molar-refractivity contribution in [2.45, 2.75) is 30.6 Å². The molecule has 0 aliphatic rings. The monoisotopic (exact) mass is 458 g/mol. The van der Waals surface area contributed by atoms with Gasteiger partial charge in [0.25, 0.3) is 20.0 Å². The van der Waals surface area contributed by atoms with E-state index in [0.717, 1.165) is 9.87 Å². The van der Waals surface area contributed by atoms with Gasteiger partial charge in [-0.05, 0) is 67.8 Å². The maximum Gasteiger partial charge on any atom is 0.264 e. The van der Waals surface area contributed by atoms with E-state index < -0.39 is 20.0 Å². The fourth-order valence-corrected chi connectivity index (χ4v) is 6.11. The Kier molecular flexibility index (Phi) is 6.16. The van der Waals surface area contributed by atoms with E-state index in [0.29, 0.717) is 22.5 Å². The Labute approximate surface area is 184 Å². The van der Waals surface area contributed by atoms with E-state index in [1.807, 2.05) is 13.0 Å². The van der Waals surface area contributed by atoms with E-state index in [2.05, 4.69) is 0 Å². The summed E-state index contributed by atoms with van der Waals surface area (Å²) in [5.41, 5.74) is 3.00. The molecule has 0 spiro atoms. The first kappa shape index (κ1) is 22.8. The summed E-state index contributed by atoms with van der Waals surface area (Å²) >= 11 is 0. The molecule has 0 unspecified atom stereocenters. The van der Waals surface area contributed by atoms with Crippen LogP contribution in [-0.2, 0) is 20.0 Å². The molecule has 3 rings (SSSR count). The summed E-state index contributed by atoms with van der Waals surface area (Å²) in [6.07, 6.45) is 0. The minimum absolute atomic E-state index is 0.0622. The second-order valence-corrected chi connectivity index (χ2v) is 11.4. The van der Waals surface area contributed by atoms with Crippen molar-refractivity contribution in [3.63, 3.8) is 0 Å². The Morgan fingerprint density at radius 2 is 1.29 bits per heavy atom. The fourth-order valence-electron chi connectivity index (χ4n) is 3.43. The van der Waals surface area contributed by atoms with Crippen molar-refractivity contribution in [3.05, 3.63) is 83.4 Å². The molecule has 0 radical (unpaired) electrons. The lowest BCUT2D eigenvalue weighted by atomic mass is 10.1. The number of hydrogen-bond donors (Lipinski definition) is 0. The lowest BCUT2D eigenvalue weighted by Gasteiger charge is -2.25. The molecule has 0 amide bonds. The average molecular weight is 459 g/mol. The zero-order valence-electron chi connectivity index (χ0n) is 18.2. The number of sulfonamides is 2. The smallest absolute Gasteiger partial charge is 0.264 e. The van der Waals surface area contributed by atoms with Gasteiger partial charge in [0.05, 0.1) is 21.2 Å². The van der Waals surface area contributed by atoms with Crippen molar-refractivity contribution >= 4 is 31.4 Å². The molecule has 31 heavy (non-hydrogen) atoms. The number of rotatable bonds is 6. The van der Waals surface area contributed by atoms with Gasteiger partial charge in [-0.2, -0.15) is 0 Å². The van der Waals surface area contributed by atoms with Gasteiger partial charge in [0.15, 0.2) is 0 Å². The molecule has 0 N–H and O–H groups in total. The normalized spacial score (nSPS) is 11.9. The van der Waals surface area contributed by atoms with Crippen molar-refractivity contribution < 1.29 is 16.8 Å². The van der Waals surface area contributed by atoms with E-state index in [1.165, 1.54) is 36.6 Å². The highest BCUT2D eigenvalue weighted by Crippen LogP contribution is 2.32. The summed E-state index contributed by atoms with van der Waals surface area (Å²) < 4.78 is 55.4. The van der Waals surface area contributed by atoms with Crippen molar-refractivity contribution in [1.82, 2.24) is 0 Å². The summed E-state index contributed by atoms with van der Waals surface area (Å²) in [6, 6.07) is 18.4. The third kappa shape index (κ3) is 4.31. The Hall–Kier alpha value is -2.84. The summed E-state index contributed by atoms with van der Waals surface area (Å²) in [7, 11) is -4.83. The number of anilines is 2. The summed E-state index contributed by atoms with van der Waals surface area (Å²) in [5, 5.41) is 0. The standard InChI is InChI=1S/C23H26N2O4S2/c1-17-10-9-11-20(14-17)24(4)31(28,29)23-16-22(18(2)15-19(23)3)25(5)30(26,27)21-12-7-6-8-13-21/h6-16H,1-5H3. The summed E-state index contributed by atoms with van der Waals surface area (Å²) in [5.74, 6) is 0. The molecule has 164 valence electrons. The van der Waals surface area contributed by atoms with E-state index in [-0.39, 0.29) is 9.79 Å². The molecule has 0 heterocycles. The van der Waals surface area contributed by atoms with Gasteiger partial charge in [0.2, 0.25) is 0 Å². The highest BCUT2D eigenvalue weighted by Gasteiger charge is 2.28. The predicted molar refractivity (Wildman–Crippen MR) is 125 cm³/mol. The third-order valence-electron chi connectivity index (χ3n) is 5.24. The molecule has 0 aromatic heterocycles. The quantitative estimate of drug-likeness (QED) is 0.553. The van der Waals surface area contributed by atoms with Crippen molar-refractivity contribution in [2.24, 2.45) is 0 Å². The molecule has 0 bridgehead atoms. The maximum absolute atomic E-state index is 13.4. The van der Waals surface area contributed by atoms with Gasteiger partial charge in [0.1, 0.15) is 0 Å². The lowest BCUT2D eigenvalue weighted by Crippen LogP contribution is -2.29. The van der Waals surface area contributed by atoms with Crippen LogP contribution in [0, 0.1) is 20.8 Å². The first-order valence-corrected chi connectivity index (χ1v) is 12.5. The van der Waals surface area contributed by atoms with Gasteiger partial charge >= 0.3 is 0 Å². The first-order chi connectivity index (χ1) is 14.5. The van der Waals surface area contributed by atoms with Gasteiger partial charge < -0.3 is 0 Å². The molecular weight excluding hydrogens is 432 g/mol. The summed E-state index contributed by atoms with van der Waals surface area (Å²) in [4.78, 5) is 0.200. The molecule has 0 aliphatic carbocycles. The van der Waals surface area contributed by atoms with Crippen LogP contribution < -0.4 is 8.61 Å². The predicted octanol–water partition coefficient (Wildman–Crippen LogP) is 4.26. The van der Waals surface area contributed by atoms with E-state index in [1.54, 1.807) is 56.3 Å². The van der Waals surface area contributed by atoms with Gasteiger partial charge in [-0.25, -0.2) is 16.8 Å². The molecule has 8 heteroatoms. The zero-order valence-corrected chi connectivity index (χ0v) is 19.8. The van der Waals surface area contributed by atoms with Crippen LogP contribution in [0.4, 0.5) is 11.4 Å². The Balaban J connectivity index is 2.11. The number of nitrogens with zero attached hydrogens (tertiary/aromatic N) is 2. The average Bonchev–Trinajstić information content (AvgIpc) is 2.73. The molecule has 0 aliphatic heterocycles. The Morgan fingerprint density at radius 1 is 0.645 bits per heavy atom. The van der Waals surface area contributed by atoms with Crippen LogP contribution in [0.15, 0.2) is 76.5 Å². The molecule has 0 atom stereocenters. The maximum atomic E-state index is 13.4. The highest BCUT2D eigenvalue weighted by atomic mass is 32.2. The van der Waals surface area contributed by atoms with Crippen LogP contribution in [-0.4, -0.2) is 30.9 Å². The molecule has 0 saturated heterocycles. The topological polar surface area (TPSA) is 74.8 Å². The number of benzene rings is 3. The number of aryl methyl sites for hydroxylation is 3. The fraction of sp³-hybridized carbons (Fsp3) is 0.217. The van der Waals surface area contributed by atoms with E-state index in [4.69, 9.17) is 0 Å². The van der Waals surface area contributed by atoms with Crippen LogP contribution in [0.1, 0.15) is 16.7 Å².